The van der Waals surface area contributed by atoms with Crippen molar-refractivity contribution in [3.05, 3.63) is 58.5 Å². The third-order valence-electron chi connectivity index (χ3n) is 5.86. The van der Waals surface area contributed by atoms with Crippen molar-refractivity contribution in [1.29, 1.82) is 0 Å². The smallest absolute Gasteiger partial charge is 0.322 e. The van der Waals surface area contributed by atoms with Gasteiger partial charge in [0.1, 0.15) is 4.75 Å². The zero-order valence-electron chi connectivity index (χ0n) is 18.0. The van der Waals surface area contributed by atoms with E-state index in [2.05, 4.69) is 5.32 Å². The number of urea groups is 1. The highest BCUT2D eigenvalue weighted by atomic mass is 32.2. The van der Waals surface area contributed by atoms with E-state index in [0.717, 1.165) is 16.0 Å². The number of carbonyl (C=O) groups is 2. The van der Waals surface area contributed by atoms with E-state index >= 15 is 0 Å². The highest BCUT2D eigenvalue weighted by Gasteiger charge is 2.48. The second kappa shape index (κ2) is 8.66. The lowest BCUT2D eigenvalue weighted by atomic mass is 9.88. The topological polar surface area (TPSA) is 120 Å². The second-order valence-electron chi connectivity index (χ2n) is 7.76. The van der Waals surface area contributed by atoms with Crippen molar-refractivity contribution in [1.82, 2.24) is 4.90 Å². The molecule has 2 aliphatic heterocycles. The Labute approximate surface area is 190 Å². The number of thioether (sulfide) groups is 1. The minimum absolute atomic E-state index is 0.218. The quantitative estimate of drug-likeness (QED) is 0.597. The van der Waals surface area contributed by atoms with Crippen molar-refractivity contribution in [2.75, 3.05) is 38.4 Å². The minimum atomic E-state index is -0.939. The number of nitrogens with one attached hydrogen (secondary N) is 1. The fraction of sp³-hybridized carbons (Fsp3) is 0.304. The Hall–Kier alpha value is -3.33. The number of carbonyl (C=O) groups excluding carboxylic acids is 2. The summed E-state index contributed by atoms with van der Waals surface area (Å²) in [5.41, 5.74) is 15.0. The number of methoxy groups -OCH3 is 2. The molecule has 2 aliphatic rings. The summed E-state index contributed by atoms with van der Waals surface area (Å²) in [4.78, 5) is 28.4. The Balaban J connectivity index is 1.50. The predicted octanol–water partition coefficient (Wildman–Crippen LogP) is 3.30. The number of para-hydroxylation sites is 1. The van der Waals surface area contributed by atoms with Gasteiger partial charge in [-0.25, -0.2) is 4.79 Å². The molecule has 1 atom stereocenters. The highest BCUT2D eigenvalue weighted by Crippen LogP contribution is 2.56. The standard InChI is InChI=1S/C23H26N4O4S/c1-30-18-8-7-15(11-19(18)31-2)26-22(29)27-10-9-20-14(13-27)12-23(32-20,21(25)28)16-5-3-4-6-17(16)24/h3-8,11H,9-10,12-13,24H2,1-2H3,(H2,25,28)(H,26,29). The Bertz CT molecular complexity index is 1100. The number of nitrogens with two attached hydrogens (primary N) is 2. The summed E-state index contributed by atoms with van der Waals surface area (Å²) in [6.07, 6.45) is 1.11. The average Bonchev–Trinajstić information content (AvgIpc) is 3.19. The number of benzene rings is 2. The van der Waals surface area contributed by atoms with Crippen LogP contribution in [-0.4, -0.2) is 44.1 Å². The molecular formula is C23H26N4O4S. The van der Waals surface area contributed by atoms with Gasteiger partial charge in [-0.1, -0.05) is 18.2 Å². The van der Waals surface area contributed by atoms with Gasteiger partial charge in [-0.2, -0.15) is 0 Å². The highest BCUT2D eigenvalue weighted by molar-refractivity contribution is 8.05. The number of nitrogen functional groups attached to an aromatic ring is 1. The molecule has 8 nitrogen and oxygen atoms in total. The Morgan fingerprint density at radius 1 is 1.12 bits per heavy atom. The van der Waals surface area contributed by atoms with Crippen LogP contribution in [0.3, 0.4) is 0 Å². The van der Waals surface area contributed by atoms with Gasteiger partial charge in [-0.05, 0) is 41.5 Å². The summed E-state index contributed by atoms with van der Waals surface area (Å²) in [6, 6.07) is 12.3. The van der Waals surface area contributed by atoms with Crippen LogP contribution in [0.1, 0.15) is 18.4 Å². The predicted molar refractivity (Wildman–Crippen MR) is 126 cm³/mol. The fourth-order valence-corrected chi connectivity index (χ4v) is 5.75. The SMILES string of the molecule is COc1ccc(NC(=O)N2CCC3=C(C2)CC(C(N)=O)(c2ccccc2N)S3)cc1OC. The molecule has 9 heteroatoms. The minimum Gasteiger partial charge on any atom is -0.493 e. The van der Waals surface area contributed by atoms with Gasteiger partial charge in [-0.15, -0.1) is 11.8 Å². The van der Waals surface area contributed by atoms with Crippen LogP contribution in [0, 0.1) is 0 Å². The van der Waals surface area contributed by atoms with Crippen LogP contribution >= 0.6 is 11.8 Å². The van der Waals surface area contributed by atoms with Gasteiger partial charge in [0.05, 0.1) is 14.2 Å². The molecule has 168 valence electrons. The maximum Gasteiger partial charge on any atom is 0.322 e. The first-order valence-corrected chi connectivity index (χ1v) is 11.0. The van der Waals surface area contributed by atoms with Crippen LogP contribution < -0.4 is 26.3 Å². The Morgan fingerprint density at radius 3 is 2.56 bits per heavy atom. The van der Waals surface area contributed by atoms with Gasteiger partial charge in [0.2, 0.25) is 5.91 Å². The van der Waals surface area contributed by atoms with Crippen LogP contribution in [-0.2, 0) is 9.54 Å². The van der Waals surface area contributed by atoms with E-state index < -0.39 is 10.7 Å². The van der Waals surface area contributed by atoms with Crippen LogP contribution in [0.2, 0.25) is 0 Å². The molecule has 0 fully saturated rings. The largest absolute Gasteiger partial charge is 0.493 e. The summed E-state index contributed by atoms with van der Waals surface area (Å²) in [6.45, 7) is 0.979. The lowest BCUT2D eigenvalue weighted by Crippen LogP contribution is -2.40. The van der Waals surface area contributed by atoms with E-state index in [0.29, 0.717) is 48.8 Å². The first-order valence-electron chi connectivity index (χ1n) is 10.2. The first-order chi connectivity index (χ1) is 15.4. The summed E-state index contributed by atoms with van der Waals surface area (Å²) in [5, 5.41) is 2.91. The molecular weight excluding hydrogens is 428 g/mol. The number of hydrogen-bond donors (Lipinski definition) is 3. The van der Waals surface area contributed by atoms with Crippen LogP contribution in [0.15, 0.2) is 52.9 Å². The molecule has 1 unspecified atom stereocenters. The number of rotatable bonds is 5. The monoisotopic (exact) mass is 454 g/mol. The molecule has 3 amide bonds. The van der Waals surface area contributed by atoms with E-state index in [1.807, 2.05) is 18.2 Å². The van der Waals surface area contributed by atoms with Crippen LogP contribution in [0.25, 0.3) is 0 Å². The second-order valence-corrected chi connectivity index (χ2v) is 9.15. The van der Waals surface area contributed by atoms with E-state index in [1.165, 1.54) is 11.8 Å². The number of ether oxygens (including phenoxy) is 2. The first kappa shape index (κ1) is 21.9. The van der Waals surface area contributed by atoms with Crippen molar-refractivity contribution in [3.63, 3.8) is 0 Å². The maximum absolute atomic E-state index is 12.9. The van der Waals surface area contributed by atoms with Crippen molar-refractivity contribution in [3.8, 4) is 11.5 Å². The molecule has 2 heterocycles. The van der Waals surface area contributed by atoms with E-state index in [1.54, 1.807) is 43.4 Å². The third kappa shape index (κ3) is 3.84. The zero-order chi connectivity index (χ0) is 22.9. The average molecular weight is 455 g/mol. The van der Waals surface area contributed by atoms with Gasteiger partial charge >= 0.3 is 6.03 Å². The maximum atomic E-state index is 12.9. The van der Waals surface area contributed by atoms with E-state index in [4.69, 9.17) is 20.9 Å². The molecule has 4 rings (SSSR count). The molecule has 5 N–H and O–H groups in total. The zero-order valence-corrected chi connectivity index (χ0v) is 18.8. The van der Waals surface area contributed by atoms with Gasteiger partial charge in [0.25, 0.3) is 0 Å². The fourth-order valence-electron chi connectivity index (χ4n) is 4.21. The molecule has 2 aromatic carbocycles. The van der Waals surface area contributed by atoms with Crippen LogP contribution in [0.4, 0.5) is 16.2 Å². The molecule has 0 aromatic heterocycles. The number of primary amides is 1. The van der Waals surface area contributed by atoms with Crippen molar-refractivity contribution >= 4 is 35.1 Å². The summed E-state index contributed by atoms with van der Waals surface area (Å²) < 4.78 is 9.61. The molecule has 32 heavy (non-hydrogen) atoms. The lowest BCUT2D eigenvalue weighted by molar-refractivity contribution is -0.120. The van der Waals surface area contributed by atoms with Gasteiger partial charge in [0.15, 0.2) is 11.5 Å². The van der Waals surface area contributed by atoms with E-state index in [-0.39, 0.29) is 6.03 Å². The van der Waals surface area contributed by atoms with Crippen molar-refractivity contribution in [2.24, 2.45) is 5.73 Å². The number of amides is 3. The molecule has 0 saturated heterocycles. The van der Waals surface area contributed by atoms with Crippen molar-refractivity contribution < 1.29 is 19.1 Å². The molecule has 0 spiro atoms. The summed E-state index contributed by atoms with van der Waals surface area (Å²) in [5.74, 6) is 0.702. The van der Waals surface area contributed by atoms with E-state index in [9.17, 15) is 9.59 Å². The summed E-state index contributed by atoms with van der Waals surface area (Å²) >= 11 is 1.48. The normalized spacial score (nSPS) is 20.0. The molecule has 0 saturated carbocycles. The molecule has 0 bridgehead atoms. The third-order valence-corrected chi connectivity index (χ3v) is 7.51. The van der Waals surface area contributed by atoms with Gasteiger partial charge in [0, 0.05) is 36.1 Å². The number of hydrogen-bond acceptors (Lipinski definition) is 6. The van der Waals surface area contributed by atoms with Crippen LogP contribution in [0.5, 0.6) is 11.5 Å². The van der Waals surface area contributed by atoms with Crippen molar-refractivity contribution in [2.45, 2.75) is 17.6 Å². The molecule has 0 radical (unpaired) electrons. The lowest BCUT2D eigenvalue weighted by Gasteiger charge is -2.28. The molecule has 0 aliphatic carbocycles. The summed E-state index contributed by atoms with van der Waals surface area (Å²) in [7, 11) is 3.11. The van der Waals surface area contributed by atoms with Gasteiger partial charge < -0.3 is 31.2 Å². The molecule has 2 aromatic rings. The van der Waals surface area contributed by atoms with Gasteiger partial charge in [-0.3, -0.25) is 4.79 Å². The Morgan fingerprint density at radius 2 is 1.88 bits per heavy atom. The Kier molecular flexibility index (Phi) is 5.92. The number of nitrogens with zero attached hydrogens (tertiary/aromatic N) is 1. The number of anilines is 2.